The molecular formula is C32H35N5O4. The molecule has 1 aromatic heterocycles. The van der Waals surface area contributed by atoms with Crippen LogP contribution in [0.15, 0.2) is 77.8 Å². The number of hydrogen-bond donors (Lipinski definition) is 2. The molecule has 212 valence electrons. The van der Waals surface area contributed by atoms with Gasteiger partial charge < -0.3 is 24.6 Å². The van der Waals surface area contributed by atoms with Crippen LogP contribution in [-0.2, 0) is 16.1 Å². The highest BCUT2D eigenvalue weighted by Crippen LogP contribution is 2.32. The Bertz CT molecular complexity index is 1550. The number of ether oxygens (including phenoxy) is 1. The first-order chi connectivity index (χ1) is 19.8. The Balaban J connectivity index is 1.39. The minimum Gasteiger partial charge on any atom is -0.494 e. The van der Waals surface area contributed by atoms with Gasteiger partial charge in [-0.25, -0.2) is 9.79 Å². The monoisotopic (exact) mass is 553 g/mol. The highest BCUT2D eigenvalue weighted by Gasteiger charge is 2.21. The summed E-state index contributed by atoms with van der Waals surface area (Å²) in [6.07, 6.45) is 0. The maximum absolute atomic E-state index is 12.8. The molecular weight excluding hydrogens is 518 g/mol. The maximum Gasteiger partial charge on any atom is 0.337 e. The Labute approximate surface area is 239 Å². The molecule has 1 fully saturated rings. The van der Waals surface area contributed by atoms with Gasteiger partial charge in [-0.1, -0.05) is 48.5 Å². The highest BCUT2D eigenvalue weighted by molar-refractivity contribution is 6.22. The molecule has 3 aromatic carbocycles. The van der Waals surface area contributed by atoms with Gasteiger partial charge in [-0.15, -0.1) is 0 Å². The van der Waals surface area contributed by atoms with E-state index in [9.17, 15) is 14.7 Å². The third-order valence-electron chi connectivity index (χ3n) is 7.46. The van der Waals surface area contributed by atoms with Crippen LogP contribution in [0.25, 0.3) is 10.9 Å². The molecule has 4 aromatic rings. The van der Waals surface area contributed by atoms with E-state index < -0.39 is 5.97 Å². The number of carbonyl (C=O) groups excluding carboxylic acids is 2. The molecule has 2 N–H and O–H groups in total. The first-order valence-corrected chi connectivity index (χ1v) is 13.6. The smallest absolute Gasteiger partial charge is 0.337 e. The summed E-state index contributed by atoms with van der Waals surface area (Å²) in [5.74, 6) is -0.388. The van der Waals surface area contributed by atoms with Crippen molar-refractivity contribution in [2.24, 2.45) is 4.99 Å². The summed E-state index contributed by atoms with van der Waals surface area (Å²) in [6, 6.07) is 22.5. The topological polar surface area (TPSA) is 101 Å². The number of rotatable bonds is 8. The molecule has 0 radical (unpaired) electrons. The van der Waals surface area contributed by atoms with Gasteiger partial charge >= 0.3 is 5.97 Å². The van der Waals surface area contributed by atoms with Crippen molar-refractivity contribution in [2.75, 3.05) is 53.9 Å². The van der Waals surface area contributed by atoms with E-state index in [1.165, 1.54) is 7.11 Å². The second-order valence-electron chi connectivity index (χ2n) is 10.4. The van der Waals surface area contributed by atoms with Crippen molar-refractivity contribution >= 4 is 34.2 Å². The predicted molar refractivity (Wildman–Crippen MR) is 160 cm³/mol. The Kier molecular flexibility index (Phi) is 8.47. The molecule has 0 spiro atoms. The van der Waals surface area contributed by atoms with Crippen LogP contribution in [-0.4, -0.2) is 96.3 Å². The molecule has 0 saturated carbocycles. The number of aromatic hydroxyl groups is 1. The molecule has 1 saturated heterocycles. The number of nitrogens with one attached hydrogen (secondary N) is 1. The van der Waals surface area contributed by atoms with Crippen molar-refractivity contribution in [1.29, 1.82) is 0 Å². The van der Waals surface area contributed by atoms with Crippen LogP contribution in [0, 0.1) is 0 Å². The zero-order valence-corrected chi connectivity index (χ0v) is 23.6. The van der Waals surface area contributed by atoms with Gasteiger partial charge in [-0.2, -0.15) is 0 Å². The molecule has 1 amide bonds. The molecule has 9 nitrogen and oxygen atoms in total. The molecule has 2 heterocycles. The normalized spacial score (nSPS) is 14.8. The zero-order valence-electron chi connectivity index (χ0n) is 23.6. The minimum atomic E-state index is -0.453. The van der Waals surface area contributed by atoms with Gasteiger partial charge in [-0.05, 0) is 36.9 Å². The summed E-state index contributed by atoms with van der Waals surface area (Å²) >= 11 is 0. The third kappa shape index (κ3) is 6.48. The lowest BCUT2D eigenvalue weighted by atomic mass is 10.00. The molecule has 1 aliphatic rings. The van der Waals surface area contributed by atoms with Gasteiger partial charge in [0.15, 0.2) is 5.88 Å². The number of fused-ring (bicyclic) bond motifs is 1. The van der Waals surface area contributed by atoms with E-state index in [1.807, 2.05) is 61.6 Å². The number of amides is 1. The molecule has 0 unspecified atom stereocenters. The molecule has 1 aliphatic heterocycles. The van der Waals surface area contributed by atoms with E-state index in [-0.39, 0.29) is 11.8 Å². The van der Waals surface area contributed by atoms with E-state index in [2.05, 4.69) is 21.8 Å². The number of methoxy groups -OCH3 is 1. The fourth-order valence-electron chi connectivity index (χ4n) is 5.01. The minimum absolute atomic E-state index is 0.0401. The summed E-state index contributed by atoms with van der Waals surface area (Å²) in [7, 11) is 5.27. The SMILES string of the molecule is COC(=O)c1ccc2c(C(=Nc3ccc(CN(C)C(=O)CN4CCN(C)CC4)cc3)c3ccccc3)c(O)[nH]c2c1. The van der Waals surface area contributed by atoms with Gasteiger partial charge in [-0.3, -0.25) is 9.69 Å². The Hall–Kier alpha value is -4.47. The first-order valence-electron chi connectivity index (χ1n) is 13.6. The summed E-state index contributed by atoms with van der Waals surface area (Å²) in [6.45, 7) is 4.72. The van der Waals surface area contributed by atoms with E-state index in [0.717, 1.165) is 42.7 Å². The Morgan fingerprint density at radius 3 is 2.37 bits per heavy atom. The van der Waals surface area contributed by atoms with Crippen molar-refractivity contribution in [3.8, 4) is 5.88 Å². The summed E-state index contributed by atoms with van der Waals surface area (Å²) < 4.78 is 4.84. The average molecular weight is 554 g/mol. The molecule has 0 bridgehead atoms. The third-order valence-corrected chi connectivity index (χ3v) is 7.46. The number of nitrogens with zero attached hydrogens (tertiary/aromatic N) is 4. The summed E-state index contributed by atoms with van der Waals surface area (Å²) in [5, 5.41) is 11.7. The molecule has 5 rings (SSSR count). The van der Waals surface area contributed by atoms with Crippen molar-refractivity contribution < 1.29 is 19.4 Å². The van der Waals surface area contributed by atoms with Crippen LogP contribution in [0.3, 0.4) is 0 Å². The fourth-order valence-corrected chi connectivity index (χ4v) is 5.01. The average Bonchev–Trinajstić information content (AvgIpc) is 3.32. The van der Waals surface area contributed by atoms with Crippen molar-refractivity contribution in [1.82, 2.24) is 19.7 Å². The summed E-state index contributed by atoms with van der Waals surface area (Å²) in [4.78, 5) is 39.0. The van der Waals surface area contributed by atoms with Crippen molar-refractivity contribution in [3.05, 3.63) is 95.1 Å². The number of piperazine rings is 1. The second kappa shape index (κ2) is 12.4. The maximum atomic E-state index is 12.8. The zero-order chi connectivity index (χ0) is 28.9. The molecule has 0 aliphatic carbocycles. The van der Waals surface area contributed by atoms with Gasteiger partial charge in [0.05, 0.1) is 36.2 Å². The first kappa shape index (κ1) is 28.1. The van der Waals surface area contributed by atoms with E-state index in [0.29, 0.717) is 41.1 Å². The van der Waals surface area contributed by atoms with Crippen molar-refractivity contribution in [2.45, 2.75) is 6.54 Å². The lowest BCUT2D eigenvalue weighted by molar-refractivity contribution is -0.132. The quantitative estimate of drug-likeness (QED) is 0.252. The standard InChI is InChI=1S/C32H35N5O4/c1-35-15-17-37(18-16-35)21-28(38)36(2)20-22-9-12-25(13-10-22)33-30(23-7-5-4-6-8-23)29-26-14-11-24(32(40)41-3)19-27(26)34-31(29)39/h4-14,19,34,39H,15-18,20-21H2,1-3H3. The van der Waals surface area contributed by atoms with Crippen LogP contribution in [0.1, 0.15) is 27.0 Å². The fraction of sp³-hybridized carbons (Fsp3) is 0.281. The molecule has 41 heavy (non-hydrogen) atoms. The number of aromatic nitrogens is 1. The Morgan fingerprint density at radius 1 is 0.976 bits per heavy atom. The van der Waals surface area contributed by atoms with E-state index in [4.69, 9.17) is 9.73 Å². The Morgan fingerprint density at radius 2 is 1.68 bits per heavy atom. The second-order valence-corrected chi connectivity index (χ2v) is 10.4. The van der Waals surface area contributed by atoms with Gasteiger partial charge in [0, 0.05) is 56.2 Å². The van der Waals surface area contributed by atoms with Crippen LogP contribution >= 0.6 is 0 Å². The van der Waals surface area contributed by atoms with E-state index in [1.54, 1.807) is 23.1 Å². The van der Waals surface area contributed by atoms with Crippen LogP contribution in [0.4, 0.5) is 5.69 Å². The van der Waals surface area contributed by atoms with Gasteiger partial charge in [0.1, 0.15) is 0 Å². The van der Waals surface area contributed by atoms with Gasteiger partial charge in [0.25, 0.3) is 0 Å². The van der Waals surface area contributed by atoms with Crippen LogP contribution in [0.2, 0.25) is 0 Å². The number of H-pyrrole nitrogens is 1. The lowest BCUT2D eigenvalue weighted by Crippen LogP contribution is -2.48. The number of benzene rings is 3. The molecule has 0 atom stereocenters. The van der Waals surface area contributed by atoms with Crippen LogP contribution < -0.4 is 0 Å². The lowest BCUT2D eigenvalue weighted by Gasteiger charge is -2.32. The number of carbonyl (C=O) groups is 2. The molecule has 9 heteroatoms. The van der Waals surface area contributed by atoms with Gasteiger partial charge in [0.2, 0.25) is 5.91 Å². The number of aliphatic imine (C=N–C) groups is 1. The van der Waals surface area contributed by atoms with Crippen LogP contribution in [0.5, 0.6) is 5.88 Å². The summed E-state index contributed by atoms with van der Waals surface area (Å²) in [5.41, 5.74) is 4.66. The largest absolute Gasteiger partial charge is 0.494 e. The van der Waals surface area contributed by atoms with E-state index >= 15 is 0 Å². The predicted octanol–water partition coefficient (Wildman–Crippen LogP) is 4.04. The highest BCUT2D eigenvalue weighted by atomic mass is 16.5. The number of likely N-dealkylation sites (N-methyl/N-ethyl adjacent to an activating group) is 2. The number of hydrogen-bond acceptors (Lipinski definition) is 7. The van der Waals surface area contributed by atoms with Crippen molar-refractivity contribution in [3.63, 3.8) is 0 Å². The number of esters is 1. The number of aromatic amines is 1.